The summed E-state index contributed by atoms with van der Waals surface area (Å²) in [6.45, 7) is 6.61. The lowest BCUT2D eigenvalue weighted by molar-refractivity contribution is -0.117. The molecule has 220 valence electrons. The van der Waals surface area contributed by atoms with Crippen molar-refractivity contribution in [2.45, 2.75) is 50.9 Å². The van der Waals surface area contributed by atoms with Gasteiger partial charge in [-0.3, -0.25) is 9.78 Å². The molecule has 1 fully saturated rings. The van der Waals surface area contributed by atoms with Crippen LogP contribution >= 0.6 is 0 Å². The maximum atomic E-state index is 14.9. The smallest absolute Gasteiger partial charge is 0.242 e. The fraction of sp³-hybridized carbons (Fsp3) is 0.419. The van der Waals surface area contributed by atoms with E-state index >= 15 is 0 Å². The zero-order chi connectivity index (χ0) is 29.4. The molecule has 1 aromatic heterocycles. The highest BCUT2D eigenvalue weighted by molar-refractivity contribution is 5.96. The number of anilines is 1. The first-order valence-electron chi connectivity index (χ1n) is 13.8. The molecule has 1 aliphatic rings. The van der Waals surface area contributed by atoms with Crippen molar-refractivity contribution >= 4 is 11.6 Å². The molecule has 1 aliphatic heterocycles. The molecule has 2 aromatic carbocycles. The summed E-state index contributed by atoms with van der Waals surface area (Å²) in [5.41, 5.74) is 8.11. The molecule has 0 radical (unpaired) electrons. The van der Waals surface area contributed by atoms with Crippen molar-refractivity contribution in [3.63, 3.8) is 0 Å². The van der Waals surface area contributed by atoms with Crippen molar-refractivity contribution in [1.29, 1.82) is 0 Å². The maximum absolute atomic E-state index is 14.9. The second-order valence-corrected chi connectivity index (χ2v) is 10.8. The summed E-state index contributed by atoms with van der Waals surface area (Å²) in [7, 11) is 0. The van der Waals surface area contributed by atoms with Crippen LogP contribution in [0.3, 0.4) is 0 Å². The van der Waals surface area contributed by atoms with Crippen LogP contribution in [-0.2, 0) is 20.7 Å². The molecule has 41 heavy (non-hydrogen) atoms. The van der Waals surface area contributed by atoms with E-state index in [1.807, 2.05) is 0 Å². The van der Waals surface area contributed by atoms with Crippen LogP contribution in [0, 0.1) is 23.4 Å². The number of nitrogens with one attached hydrogen (secondary N) is 2. The number of nitrogens with zero attached hydrogens (tertiary/aromatic N) is 1. The topological polar surface area (TPSA) is 98.5 Å². The van der Waals surface area contributed by atoms with Gasteiger partial charge in [-0.1, -0.05) is 38.1 Å². The number of rotatable bonds is 12. The minimum atomic E-state index is -1.15. The van der Waals surface area contributed by atoms with Crippen molar-refractivity contribution in [3.8, 4) is 0 Å². The Morgan fingerprint density at radius 2 is 1.63 bits per heavy atom. The summed E-state index contributed by atoms with van der Waals surface area (Å²) in [6, 6.07) is 10.1. The Morgan fingerprint density at radius 1 is 1.02 bits per heavy atom. The molecular weight excluding hydrogens is 533 g/mol. The lowest BCUT2D eigenvalue weighted by Gasteiger charge is -2.31. The number of morpholine rings is 1. The lowest BCUT2D eigenvalue weighted by Crippen LogP contribution is -2.46. The van der Waals surface area contributed by atoms with Gasteiger partial charge in [-0.25, -0.2) is 13.2 Å². The second-order valence-electron chi connectivity index (χ2n) is 10.8. The van der Waals surface area contributed by atoms with Gasteiger partial charge < -0.3 is 25.8 Å². The number of pyridine rings is 1. The lowest BCUT2D eigenvalue weighted by atomic mass is 9.85. The van der Waals surface area contributed by atoms with Gasteiger partial charge in [0.2, 0.25) is 5.91 Å². The van der Waals surface area contributed by atoms with Crippen LogP contribution in [0.2, 0.25) is 0 Å². The van der Waals surface area contributed by atoms with Crippen LogP contribution in [0.15, 0.2) is 60.9 Å². The fourth-order valence-corrected chi connectivity index (χ4v) is 4.92. The van der Waals surface area contributed by atoms with Gasteiger partial charge in [0.15, 0.2) is 0 Å². The van der Waals surface area contributed by atoms with Crippen molar-refractivity contribution in [3.05, 3.63) is 95.1 Å². The summed E-state index contributed by atoms with van der Waals surface area (Å²) in [6.07, 6.45) is 3.05. The molecule has 10 heteroatoms. The Labute approximate surface area is 238 Å². The Kier molecular flexibility index (Phi) is 10.9. The highest BCUT2D eigenvalue weighted by atomic mass is 19.1. The van der Waals surface area contributed by atoms with Crippen LogP contribution in [0.4, 0.5) is 18.9 Å². The highest BCUT2D eigenvalue weighted by Gasteiger charge is 2.29. The van der Waals surface area contributed by atoms with Gasteiger partial charge in [-0.2, -0.15) is 0 Å². The van der Waals surface area contributed by atoms with Crippen LogP contribution in [-0.4, -0.2) is 55.4 Å². The summed E-state index contributed by atoms with van der Waals surface area (Å²) in [5.74, 6) is -2.29. The zero-order valence-corrected chi connectivity index (χ0v) is 23.3. The number of hydrogen-bond acceptors (Lipinski definition) is 6. The van der Waals surface area contributed by atoms with Gasteiger partial charge in [-0.05, 0) is 54.2 Å². The Bertz CT molecular complexity index is 1230. The number of carbonyl (C=O) groups is 1. The number of halogens is 3. The number of benzene rings is 2. The van der Waals surface area contributed by atoms with E-state index in [1.165, 1.54) is 54.7 Å². The van der Waals surface area contributed by atoms with Crippen LogP contribution in [0.1, 0.15) is 42.9 Å². The van der Waals surface area contributed by atoms with E-state index in [2.05, 4.69) is 29.5 Å². The third-order valence-electron chi connectivity index (χ3n) is 6.98. The van der Waals surface area contributed by atoms with E-state index in [4.69, 9.17) is 15.2 Å². The maximum Gasteiger partial charge on any atom is 0.242 e. The van der Waals surface area contributed by atoms with Gasteiger partial charge in [-0.15, -0.1) is 0 Å². The third-order valence-corrected chi connectivity index (χ3v) is 6.98. The molecule has 1 saturated heterocycles. The van der Waals surface area contributed by atoms with E-state index in [-0.39, 0.29) is 17.9 Å². The molecule has 0 aliphatic carbocycles. The molecule has 0 saturated carbocycles. The van der Waals surface area contributed by atoms with Gasteiger partial charge in [0, 0.05) is 31.2 Å². The molecule has 0 spiro atoms. The Balaban J connectivity index is 1.46. The molecule has 7 nitrogen and oxygen atoms in total. The van der Waals surface area contributed by atoms with E-state index in [9.17, 15) is 18.0 Å². The predicted molar refractivity (Wildman–Crippen MR) is 151 cm³/mol. The number of carbonyl (C=O) groups excluding carboxylic acids is 1. The van der Waals surface area contributed by atoms with Crippen molar-refractivity contribution < 1.29 is 27.4 Å². The van der Waals surface area contributed by atoms with E-state index < -0.39 is 35.3 Å². The molecular formula is C31H37F3N4O3. The molecule has 0 bridgehead atoms. The molecule has 0 unspecified atom stereocenters. The van der Waals surface area contributed by atoms with Crippen LogP contribution < -0.4 is 16.4 Å². The molecule has 4 N–H and O–H groups in total. The predicted octanol–water partition coefficient (Wildman–Crippen LogP) is 4.56. The number of nitrogens with two attached hydrogens (primary N) is 1. The van der Waals surface area contributed by atoms with Crippen LogP contribution in [0.5, 0.6) is 0 Å². The number of hydrogen-bond donors (Lipinski definition) is 3. The highest BCUT2D eigenvalue weighted by Crippen LogP contribution is 2.29. The number of amides is 1. The zero-order valence-electron chi connectivity index (χ0n) is 23.3. The summed E-state index contributed by atoms with van der Waals surface area (Å²) in [4.78, 5) is 17.3. The fourth-order valence-electron chi connectivity index (χ4n) is 4.92. The molecule has 4 rings (SSSR count). The normalized spacial score (nSPS) is 18.0. The minimum Gasteiger partial charge on any atom is -0.378 e. The summed E-state index contributed by atoms with van der Waals surface area (Å²) in [5, 5.41) is 6.08. The van der Waals surface area contributed by atoms with Crippen molar-refractivity contribution in [1.82, 2.24) is 10.3 Å². The first-order valence-corrected chi connectivity index (χ1v) is 13.8. The monoisotopic (exact) mass is 570 g/mol. The first-order chi connectivity index (χ1) is 19.7. The largest absolute Gasteiger partial charge is 0.378 e. The van der Waals surface area contributed by atoms with Gasteiger partial charge >= 0.3 is 0 Å². The summed E-state index contributed by atoms with van der Waals surface area (Å²) < 4.78 is 54.1. The van der Waals surface area contributed by atoms with Gasteiger partial charge in [0.05, 0.1) is 42.9 Å². The number of ether oxygens (including phenoxy) is 2. The Morgan fingerprint density at radius 3 is 2.24 bits per heavy atom. The number of aromatic nitrogens is 1. The van der Waals surface area contributed by atoms with Gasteiger partial charge in [0.1, 0.15) is 17.5 Å². The third kappa shape index (κ3) is 8.59. The minimum absolute atomic E-state index is 0.0955. The molecule has 3 aromatic rings. The average molecular weight is 571 g/mol. The molecule has 3 atom stereocenters. The van der Waals surface area contributed by atoms with E-state index in [0.717, 1.165) is 6.20 Å². The standard InChI is InChI=1S/C31H37F3N4O3/c1-19(2)17-40-18-25-14-36-13-24(41-25)11-12-26-27(34)15-37-16-28(26)38-31(39)30(35)29(20-3-7-22(32)8-4-20)21-5-9-23(33)10-6-21/h3-10,15-16,19,24-25,29-30,36H,11-14,17-18,35H2,1-2H3,(H,38,39)/t24-,25+,30+/m1/s1. The summed E-state index contributed by atoms with van der Waals surface area (Å²) >= 11 is 0. The SMILES string of the molecule is CC(C)COC[C@@H]1CNC[C@@H](CCc2c(F)cncc2NC(=O)[C@@H](N)C(c2ccc(F)cc2)c2ccc(F)cc2)O1. The molecule has 2 heterocycles. The second kappa shape index (κ2) is 14.5. The van der Waals surface area contributed by atoms with Crippen molar-refractivity contribution in [2.24, 2.45) is 11.7 Å². The van der Waals surface area contributed by atoms with Gasteiger partial charge in [0.25, 0.3) is 0 Å². The van der Waals surface area contributed by atoms with E-state index in [0.29, 0.717) is 61.8 Å². The van der Waals surface area contributed by atoms with Crippen molar-refractivity contribution in [2.75, 3.05) is 31.6 Å². The van der Waals surface area contributed by atoms with Crippen LogP contribution in [0.25, 0.3) is 0 Å². The molecule has 1 amide bonds. The average Bonchev–Trinajstić information content (AvgIpc) is 2.95. The van der Waals surface area contributed by atoms with E-state index in [1.54, 1.807) is 0 Å². The first kappa shape index (κ1) is 30.6. The quantitative estimate of drug-likeness (QED) is 0.296. The Hall–Kier alpha value is -3.31.